The summed E-state index contributed by atoms with van der Waals surface area (Å²) < 4.78 is 0. The van der Waals surface area contributed by atoms with Crippen molar-refractivity contribution < 1.29 is 0 Å². The van der Waals surface area contributed by atoms with Crippen LogP contribution in [0.3, 0.4) is 0 Å². The SMILES string of the molecule is c1ccc(-c2cccc(-c3nc(-c4ccccc4)nc(-c4ccccc4-c4cccc(-c5ccc6c7c(ccc6c5)-c5ccccc5C7(c5ccccc5)c5ccccc5)c4)n3)c2)cc1. The van der Waals surface area contributed by atoms with Gasteiger partial charge in [-0.1, -0.05) is 231 Å². The monoisotopic (exact) mass is 827 g/mol. The van der Waals surface area contributed by atoms with Crippen LogP contribution in [0.2, 0.25) is 0 Å². The maximum absolute atomic E-state index is 5.21. The van der Waals surface area contributed by atoms with Crippen molar-refractivity contribution in [2.75, 3.05) is 0 Å². The molecule has 1 heterocycles. The lowest BCUT2D eigenvalue weighted by Gasteiger charge is -2.34. The highest BCUT2D eigenvalue weighted by Crippen LogP contribution is 2.58. The number of aromatic nitrogens is 3. The first-order valence-electron chi connectivity index (χ1n) is 22.2. The Morgan fingerprint density at radius 3 is 1.43 bits per heavy atom. The summed E-state index contributed by atoms with van der Waals surface area (Å²) in [6, 6.07) is 89.0. The molecule has 0 amide bonds. The van der Waals surface area contributed by atoms with Gasteiger partial charge in [-0.2, -0.15) is 0 Å². The highest BCUT2D eigenvalue weighted by molar-refractivity contribution is 6.01. The third-order valence-corrected chi connectivity index (χ3v) is 13.0. The summed E-state index contributed by atoms with van der Waals surface area (Å²) in [5.74, 6) is 1.89. The lowest BCUT2D eigenvalue weighted by Crippen LogP contribution is -2.28. The Morgan fingerprint density at radius 2 is 0.738 bits per heavy atom. The van der Waals surface area contributed by atoms with Crippen molar-refractivity contribution in [2.45, 2.75) is 5.41 Å². The fraction of sp³-hybridized carbons (Fsp3) is 0.0161. The zero-order chi connectivity index (χ0) is 43.2. The van der Waals surface area contributed by atoms with Crippen molar-refractivity contribution >= 4 is 10.8 Å². The van der Waals surface area contributed by atoms with Crippen LogP contribution >= 0.6 is 0 Å². The van der Waals surface area contributed by atoms with Gasteiger partial charge in [0.2, 0.25) is 0 Å². The van der Waals surface area contributed by atoms with Crippen LogP contribution in [0.15, 0.2) is 249 Å². The molecule has 0 unspecified atom stereocenters. The number of hydrogen-bond donors (Lipinski definition) is 0. The van der Waals surface area contributed by atoms with Crippen LogP contribution in [0.5, 0.6) is 0 Å². The third kappa shape index (κ3) is 6.56. The van der Waals surface area contributed by atoms with Crippen molar-refractivity contribution in [3.63, 3.8) is 0 Å². The van der Waals surface area contributed by atoms with Gasteiger partial charge in [0, 0.05) is 16.7 Å². The molecule has 1 aromatic heterocycles. The number of nitrogens with zero attached hydrogens (tertiary/aromatic N) is 3. The molecule has 0 atom stereocenters. The highest BCUT2D eigenvalue weighted by atomic mass is 15.0. The van der Waals surface area contributed by atoms with Crippen molar-refractivity contribution in [1.29, 1.82) is 0 Å². The van der Waals surface area contributed by atoms with E-state index in [0.29, 0.717) is 17.5 Å². The third-order valence-electron chi connectivity index (χ3n) is 13.0. The Bertz CT molecular complexity index is 3490. The van der Waals surface area contributed by atoms with Gasteiger partial charge in [-0.25, -0.2) is 15.0 Å². The van der Waals surface area contributed by atoms with E-state index in [2.05, 4.69) is 224 Å². The van der Waals surface area contributed by atoms with Crippen LogP contribution in [0, 0.1) is 0 Å². The van der Waals surface area contributed by atoms with Gasteiger partial charge in [0.1, 0.15) is 0 Å². The highest BCUT2D eigenvalue weighted by Gasteiger charge is 2.47. The predicted molar refractivity (Wildman–Crippen MR) is 267 cm³/mol. The quantitative estimate of drug-likeness (QED) is 0.153. The topological polar surface area (TPSA) is 38.7 Å². The minimum atomic E-state index is -0.473. The van der Waals surface area contributed by atoms with Crippen LogP contribution in [-0.2, 0) is 5.41 Å². The summed E-state index contributed by atoms with van der Waals surface area (Å²) >= 11 is 0. The van der Waals surface area contributed by atoms with Gasteiger partial charge in [0.25, 0.3) is 0 Å². The summed E-state index contributed by atoms with van der Waals surface area (Å²) in [6.45, 7) is 0. The molecule has 65 heavy (non-hydrogen) atoms. The van der Waals surface area contributed by atoms with Crippen LogP contribution < -0.4 is 0 Å². The summed E-state index contributed by atoms with van der Waals surface area (Å²) in [5, 5.41) is 2.46. The first kappa shape index (κ1) is 38.2. The maximum Gasteiger partial charge on any atom is 0.164 e. The van der Waals surface area contributed by atoms with Crippen molar-refractivity contribution in [3.05, 3.63) is 271 Å². The van der Waals surface area contributed by atoms with Crippen LogP contribution in [-0.4, -0.2) is 15.0 Å². The standard InChI is InChI=1S/C62H41N3/c1-5-19-42(20-6-1)44-23-18-26-49(41-44)60-63-59(43-21-7-2-8-22-43)64-61(65-60)56-33-14-13-31-52(56)47-25-17-24-45(39-47)46-35-37-53-48(40-46)36-38-55-54-32-15-16-34-57(54)62(58(53)55,50-27-9-3-10-28-50)51-29-11-4-12-30-51/h1-41H. The molecule has 0 aliphatic heterocycles. The van der Waals surface area contributed by atoms with Gasteiger partial charge in [-0.3, -0.25) is 0 Å². The second-order valence-electron chi connectivity index (χ2n) is 16.7. The second-order valence-corrected chi connectivity index (χ2v) is 16.7. The second kappa shape index (κ2) is 16.0. The molecule has 0 saturated carbocycles. The molecule has 1 aliphatic rings. The minimum Gasteiger partial charge on any atom is -0.208 e. The summed E-state index contributed by atoms with van der Waals surface area (Å²) in [4.78, 5) is 15.4. The van der Waals surface area contributed by atoms with Gasteiger partial charge >= 0.3 is 0 Å². The van der Waals surface area contributed by atoms with E-state index in [9.17, 15) is 0 Å². The fourth-order valence-corrected chi connectivity index (χ4v) is 10.1. The van der Waals surface area contributed by atoms with E-state index in [1.165, 1.54) is 44.2 Å². The van der Waals surface area contributed by atoms with Gasteiger partial charge in [-0.15, -0.1) is 0 Å². The van der Waals surface area contributed by atoms with E-state index in [1.54, 1.807) is 0 Å². The van der Waals surface area contributed by atoms with E-state index in [1.807, 2.05) is 24.3 Å². The molecule has 0 saturated heterocycles. The predicted octanol–water partition coefficient (Wildman–Crippen LogP) is 15.4. The fourth-order valence-electron chi connectivity index (χ4n) is 10.1. The molecule has 304 valence electrons. The summed E-state index contributed by atoms with van der Waals surface area (Å²) in [5.41, 5.74) is 16.8. The van der Waals surface area contributed by atoms with Crippen molar-refractivity contribution in [2.24, 2.45) is 0 Å². The van der Waals surface area contributed by atoms with Crippen LogP contribution in [0.1, 0.15) is 22.3 Å². The maximum atomic E-state index is 5.21. The van der Waals surface area contributed by atoms with Gasteiger partial charge in [-0.05, 0) is 95.7 Å². The number of rotatable bonds is 8. The Labute approximate surface area is 379 Å². The van der Waals surface area contributed by atoms with Gasteiger partial charge in [0.15, 0.2) is 17.5 Å². The largest absolute Gasteiger partial charge is 0.208 e. The molecule has 1 aliphatic carbocycles. The van der Waals surface area contributed by atoms with E-state index < -0.39 is 5.41 Å². The molecule has 11 aromatic rings. The number of hydrogen-bond acceptors (Lipinski definition) is 3. The average Bonchev–Trinajstić information content (AvgIpc) is 3.71. The van der Waals surface area contributed by atoms with E-state index >= 15 is 0 Å². The first-order chi connectivity index (χ1) is 32.2. The molecular formula is C62H41N3. The van der Waals surface area contributed by atoms with Gasteiger partial charge < -0.3 is 0 Å². The zero-order valence-electron chi connectivity index (χ0n) is 35.5. The van der Waals surface area contributed by atoms with Gasteiger partial charge in [0.05, 0.1) is 5.41 Å². The van der Waals surface area contributed by atoms with E-state index in [-0.39, 0.29) is 0 Å². The zero-order valence-corrected chi connectivity index (χ0v) is 35.5. The molecule has 3 nitrogen and oxygen atoms in total. The van der Waals surface area contributed by atoms with E-state index in [4.69, 9.17) is 15.0 Å². The number of fused-ring (bicyclic) bond motifs is 5. The average molecular weight is 828 g/mol. The molecule has 0 radical (unpaired) electrons. The number of benzene rings is 10. The normalized spacial score (nSPS) is 12.4. The smallest absolute Gasteiger partial charge is 0.164 e. The Balaban J connectivity index is 0.975. The van der Waals surface area contributed by atoms with Crippen LogP contribution in [0.4, 0.5) is 0 Å². The summed E-state index contributed by atoms with van der Waals surface area (Å²) in [6.07, 6.45) is 0. The lowest BCUT2D eigenvalue weighted by molar-refractivity contribution is 0.775. The van der Waals surface area contributed by atoms with Crippen LogP contribution in [0.25, 0.3) is 89.4 Å². The summed E-state index contributed by atoms with van der Waals surface area (Å²) in [7, 11) is 0. The molecule has 12 rings (SSSR count). The first-order valence-corrected chi connectivity index (χ1v) is 22.2. The molecule has 3 heteroatoms. The molecule has 0 spiro atoms. The lowest BCUT2D eigenvalue weighted by atomic mass is 9.66. The Morgan fingerprint density at radius 1 is 0.262 bits per heavy atom. The molecule has 0 bridgehead atoms. The minimum absolute atomic E-state index is 0.473. The molecule has 0 fully saturated rings. The molecular weight excluding hydrogens is 787 g/mol. The Kier molecular flexibility index (Phi) is 9.39. The van der Waals surface area contributed by atoms with E-state index in [0.717, 1.165) is 50.1 Å². The molecule has 0 N–H and O–H groups in total. The molecule has 10 aromatic carbocycles. The van der Waals surface area contributed by atoms with Crippen molar-refractivity contribution in [3.8, 4) is 78.7 Å². The van der Waals surface area contributed by atoms with Crippen molar-refractivity contribution in [1.82, 2.24) is 15.0 Å². The Hall–Kier alpha value is -8.53.